The Kier molecular flexibility index (Phi) is 3.92. The van der Waals surface area contributed by atoms with Crippen LogP contribution in [-0.4, -0.2) is 23.0 Å². The Hall–Kier alpha value is -2.87. The molecule has 0 unspecified atom stereocenters. The Balaban J connectivity index is 1.24. The van der Waals surface area contributed by atoms with Crippen LogP contribution in [0.1, 0.15) is 24.2 Å². The lowest BCUT2D eigenvalue weighted by molar-refractivity contribution is -0.141. The quantitative estimate of drug-likeness (QED) is 0.361. The van der Waals surface area contributed by atoms with Crippen LogP contribution < -0.4 is 0 Å². The molecule has 6 rings (SSSR count). The van der Waals surface area contributed by atoms with Gasteiger partial charge in [-0.2, -0.15) is 23.3 Å². The zero-order valence-electron chi connectivity index (χ0n) is 16.5. The fourth-order valence-corrected chi connectivity index (χ4v) is 5.96. The number of carbonyl (C=O) groups is 2. The molecule has 1 spiro atoms. The molecule has 2 heterocycles. The summed E-state index contributed by atoms with van der Waals surface area (Å²) >= 11 is 6.06. The third kappa shape index (κ3) is 2.62. The van der Waals surface area contributed by atoms with E-state index in [9.17, 15) is 22.8 Å². The molecule has 2 aromatic rings. The van der Waals surface area contributed by atoms with E-state index in [1.54, 1.807) is 0 Å². The molecule has 3 fully saturated rings. The summed E-state index contributed by atoms with van der Waals surface area (Å²) in [7, 11) is 0. The van der Waals surface area contributed by atoms with Crippen LogP contribution in [0.15, 0.2) is 52.0 Å². The van der Waals surface area contributed by atoms with Gasteiger partial charge in [-0.3, -0.25) is 9.59 Å². The minimum atomic E-state index is -4.52. The van der Waals surface area contributed by atoms with E-state index in [4.69, 9.17) is 16.0 Å². The molecule has 0 radical (unpaired) electrons. The van der Waals surface area contributed by atoms with E-state index in [0.717, 1.165) is 36.0 Å². The van der Waals surface area contributed by atoms with E-state index < -0.39 is 11.7 Å². The van der Waals surface area contributed by atoms with E-state index in [1.807, 2.05) is 0 Å². The normalized spacial score (nSPS) is 29.7. The maximum Gasteiger partial charge on any atom is 0.416 e. The van der Waals surface area contributed by atoms with Crippen molar-refractivity contribution >= 4 is 29.6 Å². The zero-order chi connectivity index (χ0) is 22.4. The number of furan rings is 1. The van der Waals surface area contributed by atoms with Crippen molar-refractivity contribution in [1.82, 2.24) is 5.01 Å². The molecule has 0 N–H and O–H groups in total. The zero-order valence-corrected chi connectivity index (χ0v) is 17.2. The van der Waals surface area contributed by atoms with Gasteiger partial charge in [0.05, 0.1) is 28.6 Å². The van der Waals surface area contributed by atoms with E-state index in [2.05, 4.69) is 17.3 Å². The lowest BCUT2D eigenvalue weighted by Crippen LogP contribution is -2.30. The summed E-state index contributed by atoms with van der Waals surface area (Å²) in [5.41, 5.74) is -0.655. The second kappa shape index (κ2) is 6.34. The first-order valence-corrected chi connectivity index (χ1v) is 10.7. The number of hydrogen-bond donors (Lipinski definition) is 0. The van der Waals surface area contributed by atoms with Gasteiger partial charge in [0.1, 0.15) is 11.5 Å². The maximum atomic E-state index is 13.0. The fourth-order valence-electron chi connectivity index (χ4n) is 5.75. The van der Waals surface area contributed by atoms with Crippen LogP contribution in [0.5, 0.6) is 0 Å². The van der Waals surface area contributed by atoms with Gasteiger partial charge < -0.3 is 4.42 Å². The van der Waals surface area contributed by atoms with E-state index in [-0.39, 0.29) is 63.0 Å². The third-order valence-corrected chi connectivity index (χ3v) is 7.65. The molecule has 32 heavy (non-hydrogen) atoms. The summed E-state index contributed by atoms with van der Waals surface area (Å²) < 4.78 is 44.7. The number of hydrogen-bond acceptors (Lipinski definition) is 4. The molecule has 4 aliphatic rings. The molecular weight excluding hydrogens is 445 g/mol. The van der Waals surface area contributed by atoms with E-state index in [0.29, 0.717) is 0 Å². The molecule has 2 amide bonds. The highest BCUT2D eigenvalue weighted by Gasteiger charge is 2.73. The molecule has 1 aromatic heterocycles. The summed E-state index contributed by atoms with van der Waals surface area (Å²) in [6, 6.07) is 5.92. The van der Waals surface area contributed by atoms with Gasteiger partial charge in [0.25, 0.3) is 11.8 Å². The van der Waals surface area contributed by atoms with Crippen molar-refractivity contribution < 1.29 is 27.2 Å². The third-order valence-electron chi connectivity index (χ3n) is 7.32. The van der Waals surface area contributed by atoms with Crippen molar-refractivity contribution in [1.29, 1.82) is 0 Å². The molecule has 4 atom stereocenters. The molecule has 164 valence electrons. The Morgan fingerprint density at radius 3 is 2.31 bits per heavy atom. The number of halogens is 4. The molecule has 1 saturated heterocycles. The number of hydrazone groups is 1. The Labute approximate surface area is 185 Å². The second-order valence-electron chi connectivity index (χ2n) is 8.85. The van der Waals surface area contributed by atoms with Crippen LogP contribution >= 0.6 is 11.6 Å². The van der Waals surface area contributed by atoms with Gasteiger partial charge in [-0.15, -0.1) is 0 Å². The molecule has 5 nitrogen and oxygen atoms in total. The Morgan fingerprint density at radius 1 is 1.06 bits per heavy atom. The molecule has 1 aromatic carbocycles. The highest BCUT2D eigenvalue weighted by Crippen LogP contribution is 2.73. The van der Waals surface area contributed by atoms with E-state index >= 15 is 0 Å². The molecular formula is C23H16ClF3N2O3. The summed E-state index contributed by atoms with van der Waals surface area (Å²) in [5.74, 6) is -0.789. The van der Waals surface area contributed by atoms with Crippen LogP contribution in [0.2, 0.25) is 5.02 Å². The van der Waals surface area contributed by atoms with Crippen molar-refractivity contribution in [3.8, 4) is 11.3 Å². The first-order chi connectivity index (χ1) is 15.2. The van der Waals surface area contributed by atoms with Gasteiger partial charge in [-0.25, -0.2) is 0 Å². The summed E-state index contributed by atoms with van der Waals surface area (Å²) in [4.78, 5) is 25.9. The molecule has 2 saturated carbocycles. The van der Waals surface area contributed by atoms with Gasteiger partial charge in [0.15, 0.2) is 0 Å². The number of amides is 2. The maximum absolute atomic E-state index is 13.0. The Morgan fingerprint density at radius 2 is 1.72 bits per heavy atom. The summed E-state index contributed by atoms with van der Waals surface area (Å²) in [6.07, 6.45) is 2.98. The van der Waals surface area contributed by atoms with Crippen LogP contribution in [0.3, 0.4) is 0 Å². The van der Waals surface area contributed by atoms with Crippen LogP contribution in [0, 0.1) is 29.1 Å². The number of rotatable bonds is 3. The topological polar surface area (TPSA) is 62.9 Å². The summed E-state index contributed by atoms with van der Waals surface area (Å²) in [6.45, 7) is 0. The molecule has 3 aliphatic carbocycles. The molecule has 2 bridgehead atoms. The highest BCUT2D eigenvalue weighted by atomic mass is 35.5. The smallest absolute Gasteiger partial charge is 0.416 e. The van der Waals surface area contributed by atoms with Crippen molar-refractivity contribution in [2.75, 3.05) is 0 Å². The number of fused-ring (bicyclic) bond motifs is 3. The molecule has 1 aliphatic heterocycles. The standard InChI is InChI=1S/C23H16ClF3N2O3/c24-16-5-1-11(23(25,26)27)9-13(16)17-6-2-12(32-17)10-28-29-20(30)18-14-3-4-15(19(18)21(29)31)22(14)7-8-22/h1-6,9-10,14-15,18-19H,7-8H2/b28-10-/t14-,15-,18-,19-/m1/s1. The SMILES string of the molecule is O=C1[C@H]2[C@H](C(=O)N1/N=C\c1ccc(-c3cc(C(F)(F)F)ccc3Cl)o1)[C@H]1C=C[C@H]2C12CC2. The molecule has 9 heteroatoms. The number of alkyl halides is 3. The predicted molar refractivity (Wildman–Crippen MR) is 108 cm³/mol. The van der Waals surface area contributed by atoms with Gasteiger partial charge in [0, 0.05) is 5.56 Å². The fraction of sp³-hybridized carbons (Fsp3) is 0.348. The first-order valence-electron chi connectivity index (χ1n) is 10.3. The van der Waals surface area contributed by atoms with Gasteiger partial charge in [-0.05, 0) is 60.4 Å². The largest absolute Gasteiger partial charge is 0.455 e. The lowest BCUT2D eigenvalue weighted by Gasteiger charge is -2.18. The van der Waals surface area contributed by atoms with E-state index in [1.165, 1.54) is 18.3 Å². The van der Waals surface area contributed by atoms with Gasteiger partial charge in [0.2, 0.25) is 0 Å². The number of allylic oxidation sites excluding steroid dienone is 2. The van der Waals surface area contributed by atoms with Gasteiger partial charge >= 0.3 is 6.18 Å². The van der Waals surface area contributed by atoms with Crippen LogP contribution in [0.4, 0.5) is 13.2 Å². The highest BCUT2D eigenvalue weighted by molar-refractivity contribution is 6.33. The van der Waals surface area contributed by atoms with Crippen LogP contribution in [-0.2, 0) is 15.8 Å². The monoisotopic (exact) mass is 460 g/mol. The van der Waals surface area contributed by atoms with Crippen molar-refractivity contribution in [3.63, 3.8) is 0 Å². The average Bonchev–Trinajstić information content (AvgIpc) is 3.03. The number of benzene rings is 1. The minimum absolute atomic E-state index is 0.0846. The number of carbonyl (C=O) groups excluding carboxylic acids is 2. The second-order valence-corrected chi connectivity index (χ2v) is 9.26. The van der Waals surface area contributed by atoms with Crippen LogP contribution in [0.25, 0.3) is 11.3 Å². The first kappa shape index (κ1) is 19.8. The minimum Gasteiger partial charge on any atom is -0.455 e. The number of nitrogens with zero attached hydrogens (tertiary/aromatic N) is 2. The Bertz CT molecular complexity index is 1190. The predicted octanol–water partition coefficient (Wildman–Crippen LogP) is 5.15. The van der Waals surface area contributed by atoms with Crippen molar-refractivity contribution in [2.45, 2.75) is 19.0 Å². The number of imide groups is 1. The summed E-state index contributed by atoms with van der Waals surface area (Å²) in [5, 5.41) is 5.08. The van der Waals surface area contributed by atoms with Crippen molar-refractivity contribution in [2.24, 2.45) is 34.2 Å². The van der Waals surface area contributed by atoms with Gasteiger partial charge in [-0.1, -0.05) is 23.8 Å². The van der Waals surface area contributed by atoms with Crippen molar-refractivity contribution in [3.05, 3.63) is 58.8 Å². The average molecular weight is 461 g/mol. The lowest BCUT2D eigenvalue weighted by atomic mass is 9.85.